The van der Waals surface area contributed by atoms with Crippen LogP contribution >= 0.6 is 0 Å². The third kappa shape index (κ3) is 2.53. The second-order valence-corrected chi connectivity index (χ2v) is 4.56. The number of hydrogen-bond acceptors (Lipinski definition) is 3. The van der Waals surface area contributed by atoms with Crippen molar-refractivity contribution < 1.29 is 13.9 Å². The molecule has 1 heterocycles. The van der Waals surface area contributed by atoms with Crippen molar-refractivity contribution in [2.75, 3.05) is 6.61 Å². The molecular formula is C15H19FN2O2. The molecule has 0 amide bonds. The zero-order valence-corrected chi connectivity index (χ0v) is 12.0. The van der Waals surface area contributed by atoms with Crippen LogP contribution in [0.2, 0.25) is 0 Å². The highest BCUT2D eigenvalue weighted by atomic mass is 19.1. The standard InChI is InChI=1S/C15H19FN2O2/c1-4-11(15(19)20-6-3)14-17-12-9-10(16)7-8-13(12)18(14)5-2/h7-9,11H,4-6H2,1-3H3. The minimum atomic E-state index is -0.412. The van der Waals surface area contributed by atoms with E-state index in [-0.39, 0.29) is 11.8 Å². The minimum Gasteiger partial charge on any atom is -0.465 e. The number of carbonyl (C=O) groups is 1. The number of hydrogen-bond donors (Lipinski definition) is 0. The summed E-state index contributed by atoms with van der Waals surface area (Å²) in [5.74, 6) is -0.367. The van der Waals surface area contributed by atoms with Gasteiger partial charge in [-0.2, -0.15) is 0 Å². The van der Waals surface area contributed by atoms with Crippen LogP contribution in [0.4, 0.5) is 4.39 Å². The maximum atomic E-state index is 13.3. The molecule has 1 aromatic heterocycles. The molecule has 4 nitrogen and oxygen atoms in total. The summed E-state index contributed by atoms with van der Waals surface area (Å²) < 4.78 is 20.3. The lowest BCUT2D eigenvalue weighted by Crippen LogP contribution is -2.19. The number of imidazole rings is 1. The molecule has 0 saturated heterocycles. The Labute approximate surface area is 117 Å². The monoisotopic (exact) mass is 278 g/mol. The molecule has 2 rings (SSSR count). The highest BCUT2D eigenvalue weighted by Gasteiger charge is 2.26. The van der Waals surface area contributed by atoms with E-state index in [1.807, 2.05) is 18.4 Å². The van der Waals surface area contributed by atoms with Crippen LogP contribution in [0, 0.1) is 5.82 Å². The Bertz CT molecular complexity index is 622. The van der Waals surface area contributed by atoms with E-state index in [0.29, 0.717) is 30.9 Å². The second-order valence-electron chi connectivity index (χ2n) is 4.56. The number of benzene rings is 1. The molecule has 0 saturated carbocycles. The lowest BCUT2D eigenvalue weighted by molar-refractivity contribution is -0.145. The van der Waals surface area contributed by atoms with Gasteiger partial charge < -0.3 is 9.30 Å². The summed E-state index contributed by atoms with van der Waals surface area (Å²) in [6.45, 7) is 6.69. The van der Waals surface area contributed by atoms with E-state index in [0.717, 1.165) is 5.52 Å². The fraction of sp³-hybridized carbons (Fsp3) is 0.467. The van der Waals surface area contributed by atoms with Crippen molar-refractivity contribution in [1.82, 2.24) is 9.55 Å². The minimum absolute atomic E-state index is 0.277. The van der Waals surface area contributed by atoms with E-state index in [1.165, 1.54) is 12.1 Å². The molecule has 0 aliphatic rings. The Balaban J connectivity index is 2.54. The number of carbonyl (C=O) groups excluding carboxylic acids is 1. The van der Waals surface area contributed by atoms with Gasteiger partial charge in [-0.05, 0) is 32.4 Å². The summed E-state index contributed by atoms with van der Waals surface area (Å²) in [5, 5.41) is 0. The van der Waals surface area contributed by atoms with Crippen LogP contribution in [0.1, 0.15) is 38.9 Å². The first-order valence-corrected chi connectivity index (χ1v) is 6.94. The van der Waals surface area contributed by atoms with Crippen LogP contribution < -0.4 is 0 Å². The number of esters is 1. The average molecular weight is 278 g/mol. The molecule has 20 heavy (non-hydrogen) atoms. The van der Waals surface area contributed by atoms with Gasteiger partial charge in [0, 0.05) is 12.6 Å². The first kappa shape index (κ1) is 14.5. The van der Waals surface area contributed by atoms with Crippen molar-refractivity contribution >= 4 is 17.0 Å². The molecule has 0 bridgehead atoms. The Kier molecular flexibility index (Phi) is 4.37. The second kappa shape index (κ2) is 6.03. The number of aryl methyl sites for hydroxylation is 1. The van der Waals surface area contributed by atoms with Gasteiger partial charge >= 0.3 is 5.97 Å². The Morgan fingerprint density at radius 1 is 1.40 bits per heavy atom. The molecule has 0 aliphatic heterocycles. The van der Waals surface area contributed by atoms with E-state index in [4.69, 9.17) is 4.74 Å². The fourth-order valence-electron chi connectivity index (χ4n) is 2.42. The number of aromatic nitrogens is 2. The zero-order valence-electron chi connectivity index (χ0n) is 12.0. The van der Waals surface area contributed by atoms with E-state index in [2.05, 4.69) is 4.98 Å². The molecule has 0 radical (unpaired) electrons. The van der Waals surface area contributed by atoms with Crippen molar-refractivity contribution in [2.24, 2.45) is 0 Å². The SMILES string of the molecule is CCOC(=O)C(CC)c1nc2cc(F)ccc2n1CC. The van der Waals surface area contributed by atoms with Gasteiger partial charge in [0.15, 0.2) is 0 Å². The number of fused-ring (bicyclic) bond motifs is 1. The third-order valence-corrected chi connectivity index (χ3v) is 3.35. The molecule has 5 heteroatoms. The Hall–Kier alpha value is -1.91. The summed E-state index contributed by atoms with van der Waals surface area (Å²) in [6, 6.07) is 4.50. The highest BCUT2D eigenvalue weighted by molar-refractivity contribution is 5.81. The molecule has 0 spiro atoms. The lowest BCUT2D eigenvalue weighted by Gasteiger charge is -2.14. The van der Waals surface area contributed by atoms with Crippen molar-refractivity contribution in [3.8, 4) is 0 Å². The largest absolute Gasteiger partial charge is 0.465 e. The first-order chi connectivity index (χ1) is 9.62. The summed E-state index contributed by atoms with van der Waals surface area (Å²) in [5.41, 5.74) is 1.41. The van der Waals surface area contributed by atoms with Gasteiger partial charge in [0.2, 0.25) is 0 Å². The fourth-order valence-corrected chi connectivity index (χ4v) is 2.42. The van der Waals surface area contributed by atoms with Crippen molar-refractivity contribution in [2.45, 2.75) is 39.7 Å². The van der Waals surface area contributed by atoms with Gasteiger partial charge in [0.25, 0.3) is 0 Å². The molecule has 1 aromatic carbocycles. The zero-order chi connectivity index (χ0) is 14.7. The van der Waals surface area contributed by atoms with Crippen LogP contribution in [0.15, 0.2) is 18.2 Å². The third-order valence-electron chi connectivity index (χ3n) is 3.35. The van der Waals surface area contributed by atoms with Crippen molar-refractivity contribution in [3.05, 3.63) is 29.8 Å². The summed E-state index contributed by atoms with van der Waals surface area (Å²) >= 11 is 0. The summed E-state index contributed by atoms with van der Waals surface area (Å²) in [6.07, 6.45) is 0.602. The number of ether oxygens (including phenoxy) is 1. The molecule has 1 unspecified atom stereocenters. The lowest BCUT2D eigenvalue weighted by atomic mass is 10.1. The molecule has 1 atom stereocenters. The van der Waals surface area contributed by atoms with Crippen molar-refractivity contribution in [3.63, 3.8) is 0 Å². The first-order valence-electron chi connectivity index (χ1n) is 6.94. The van der Waals surface area contributed by atoms with E-state index >= 15 is 0 Å². The van der Waals surface area contributed by atoms with Crippen LogP contribution in [0.3, 0.4) is 0 Å². The molecule has 0 fully saturated rings. The van der Waals surface area contributed by atoms with Gasteiger partial charge in [0.1, 0.15) is 17.6 Å². The van der Waals surface area contributed by atoms with Crippen molar-refractivity contribution in [1.29, 1.82) is 0 Å². The van der Waals surface area contributed by atoms with E-state index in [1.54, 1.807) is 13.0 Å². The predicted octanol–water partition coefficient (Wildman–Crippen LogP) is 3.25. The molecule has 0 N–H and O–H groups in total. The van der Waals surface area contributed by atoms with Gasteiger partial charge in [-0.3, -0.25) is 4.79 Å². The maximum Gasteiger partial charge on any atom is 0.316 e. The average Bonchev–Trinajstić information content (AvgIpc) is 2.77. The maximum absolute atomic E-state index is 13.3. The highest BCUT2D eigenvalue weighted by Crippen LogP contribution is 2.26. The number of rotatable bonds is 5. The number of nitrogens with zero attached hydrogens (tertiary/aromatic N) is 2. The van der Waals surface area contributed by atoms with Gasteiger partial charge in [0.05, 0.1) is 17.6 Å². The molecule has 0 aliphatic carbocycles. The van der Waals surface area contributed by atoms with Crippen LogP contribution in [0.25, 0.3) is 11.0 Å². The van der Waals surface area contributed by atoms with Gasteiger partial charge in [-0.25, -0.2) is 9.37 Å². The number of halogens is 1. The van der Waals surface area contributed by atoms with E-state index < -0.39 is 5.92 Å². The van der Waals surface area contributed by atoms with Crippen LogP contribution in [-0.4, -0.2) is 22.1 Å². The van der Waals surface area contributed by atoms with Crippen LogP contribution in [-0.2, 0) is 16.1 Å². The topological polar surface area (TPSA) is 44.1 Å². The molecular weight excluding hydrogens is 259 g/mol. The Morgan fingerprint density at radius 2 is 2.15 bits per heavy atom. The quantitative estimate of drug-likeness (QED) is 0.789. The normalized spacial score (nSPS) is 12.6. The predicted molar refractivity (Wildman–Crippen MR) is 75.0 cm³/mol. The van der Waals surface area contributed by atoms with Gasteiger partial charge in [-0.15, -0.1) is 0 Å². The smallest absolute Gasteiger partial charge is 0.316 e. The molecule has 108 valence electrons. The molecule has 2 aromatic rings. The van der Waals surface area contributed by atoms with Crippen LogP contribution in [0.5, 0.6) is 0 Å². The summed E-state index contributed by atoms with van der Waals surface area (Å²) in [7, 11) is 0. The summed E-state index contributed by atoms with van der Waals surface area (Å²) in [4.78, 5) is 16.5. The Morgan fingerprint density at radius 3 is 2.75 bits per heavy atom. The van der Waals surface area contributed by atoms with Gasteiger partial charge in [-0.1, -0.05) is 6.92 Å². The van der Waals surface area contributed by atoms with E-state index in [9.17, 15) is 9.18 Å².